The third-order valence-corrected chi connectivity index (χ3v) is 10.5. The van der Waals surface area contributed by atoms with Crippen LogP contribution in [0.15, 0.2) is 71.6 Å². The Bertz CT molecular complexity index is 1540. The molecule has 0 aromatic heterocycles. The Balaban J connectivity index is 1.73. The maximum Gasteiger partial charge on any atom is 0.264 e. The van der Waals surface area contributed by atoms with E-state index >= 15 is 0 Å². The highest BCUT2D eigenvalue weighted by Crippen LogP contribution is 2.31. The Morgan fingerprint density at radius 1 is 0.930 bits per heavy atom. The molecular weight excluding hydrogens is 605 g/mol. The van der Waals surface area contributed by atoms with Gasteiger partial charge in [-0.15, -0.1) is 0 Å². The van der Waals surface area contributed by atoms with Gasteiger partial charge in [0.15, 0.2) is 0 Å². The largest absolute Gasteiger partial charge is 0.352 e. The molecule has 0 bridgehead atoms. The number of benzene rings is 3. The molecule has 0 aliphatic heterocycles. The highest BCUT2D eigenvalue weighted by atomic mass is 35.5. The zero-order valence-electron chi connectivity index (χ0n) is 24.9. The monoisotopic (exact) mass is 643 g/mol. The molecule has 0 spiro atoms. The topological polar surface area (TPSA) is 86.8 Å². The van der Waals surface area contributed by atoms with Gasteiger partial charge in [0.2, 0.25) is 11.8 Å². The summed E-state index contributed by atoms with van der Waals surface area (Å²) < 4.78 is 29.1. The third-order valence-electron chi connectivity index (χ3n) is 8.02. The summed E-state index contributed by atoms with van der Waals surface area (Å²) in [4.78, 5) is 29.5. The van der Waals surface area contributed by atoms with Crippen molar-refractivity contribution in [1.82, 2.24) is 10.2 Å². The van der Waals surface area contributed by atoms with E-state index in [4.69, 9.17) is 23.2 Å². The van der Waals surface area contributed by atoms with Crippen molar-refractivity contribution in [3.63, 3.8) is 0 Å². The van der Waals surface area contributed by atoms with Crippen molar-refractivity contribution in [1.29, 1.82) is 0 Å². The molecule has 0 saturated heterocycles. The van der Waals surface area contributed by atoms with Crippen LogP contribution in [0, 0.1) is 13.8 Å². The number of anilines is 1. The molecule has 10 heteroatoms. The number of rotatable bonds is 11. The van der Waals surface area contributed by atoms with Crippen LogP contribution in [0.5, 0.6) is 0 Å². The number of sulfonamides is 1. The molecule has 1 saturated carbocycles. The molecule has 1 N–H and O–H groups in total. The summed E-state index contributed by atoms with van der Waals surface area (Å²) in [5, 5.41) is 3.59. The van der Waals surface area contributed by atoms with Gasteiger partial charge >= 0.3 is 0 Å². The van der Waals surface area contributed by atoms with E-state index in [9.17, 15) is 18.0 Å². The van der Waals surface area contributed by atoms with E-state index in [1.807, 2.05) is 45.0 Å². The van der Waals surface area contributed by atoms with Crippen LogP contribution in [-0.2, 0) is 26.2 Å². The molecular formula is C33H39Cl2N3O4S. The first-order valence-electron chi connectivity index (χ1n) is 14.7. The second-order valence-corrected chi connectivity index (χ2v) is 13.8. The molecule has 0 heterocycles. The number of nitrogens with zero attached hydrogens (tertiary/aromatic N) is 2. The summed E-state index contributed by atoms with van der Waals surface area (Å²) in [6.45, 7) is 5.30. The lowest BCUT2D eigenvalue weighted by molar-refractivity contribution is -0.140. The predicted octanol–water partition coefficient (Wildman–Crippen LogP) is 7.06. The average Bonchev–Trinajstić information content (AvgIpc) is 2.98. The molecule has 230 valence electrons. The average molecular weight is 645 g/mol. The van der Waals surface area contributed by atoms with E-state index in [0.29, 0.717) is 6.42 Å². The number of hydrogen-bond donors (Lipinski definition) is 1. The number of hydrogen-bond acceptors (Lipinski definition) is 4. The molecule has 3 aromatic carbocycles. The van der Waals surface area contributed by atoms with E-state index in [2.05, 4.69) is 5.32 Å². The van der Waals surface area contributed by atoms with Crippen LogP contribution in [0.2, 0.25) is 10.0 Å². The molecule has 0 radical (unpaired) electrons. The van der Waals surface area contributed by atoms with E-state index in [1.54, 1.807) is 12.1 Å². The van der Waals surface area contributed by atoms with Crippen molar-refractivity contribution in [2.45, 2.75) is 82.8 Å². The molecule has 4 rings (SSSR count). The second-order valence-electron chi connectivity index (χ2n) is 11.1. The second kappa shape index (κ2) is 14.6. The molecule has 1 aliphatic rings. The zero-order valence-corrected chi connectivity index (χ0v) is 27.2. The van der Waals surface area contributed by atoms with E-state index in [0.717, 1.165) is 53.1 Å². The lowest BCUT2D eigenvalue weighted by Gasteiger charge is -2.34. The molecule has 43 heavy (non-hydrogen) atoms. The zero-order chi connectivity index (χ0) is 31.1. The fraction of sp³-hybridized carbons (Fsp3) is 0.394. The van der Waals surface area contributed by atoms with Gasteiger partial charge in [-0.2, -0.15) is 0 Å². The van der Waals surface area contributed by atoms with Gasteiger partial charge in [0.05, 0.1) is 20.6 Å². The molecule has 1 fully saturated rings. The highest BCUT2D eigenvalue weighted by Gasteiger charge is 2.34. The minimum absolute atomic E-state index is 0.0320. The maximum atomic E-state index is 14.3. The van der Waals surface area contributed by atoms with E-state index < -0.39 is 28.5 Å². The number of aryl methyl sites for hydroxylation is 2. The number of carbonyl (C=O) groups is 2. The van der Waals surface area contributed by atoms with Crippen molar-refractivity contribution in [3.8, 4) is 0 Å². The number of carbonyl (C=O) groups excluding carboxylic acids is 2. The van der Waals surface area contributed by atoms with Crippen molar-refractivity contribution in [3.05, 3.63) is 93.5 Å². The summed E-state index contributed by atoms with van der Waals surface area (Å²) >= 11 is 12.5. The number of amides is 2. The number of halogens is 2. The van der Waals surface area contributed by atoms with Crippen molar-refractivity contribution in [2.24, 2.45) is 0 Å². The lowest BCUT2D eigenvalue weighted by Crippen LogP contribution is -2.54. The van der Waals surface area contributed by atoms with E-state index in [-0.39, 0.29) is 39.1 Å². The van der Waals surface area contributed by atoms with Crippen LogP contribution < -0.4 is 9.62 Å². The van der Waals surface area contributed by atoms with Gasteiger partial charge in [-0.3, -0.25) is 13.9 Å². The summed E-state index contributed by atoms with van der Waals surface area (Å²) in [5.41, 5.74) is 2.94. The van der Waals surface area contributed by atoms with Crippen molar-refractivity contribution < 1.29 is 18.0 Å². The SMILES string of the molecule is CCC(C(=O)NC1CCCCC1)N(Cc1ccccc1C)C(=O)CN(c1ccc(Cl)c(Cl)c1)S(=O)(=O)c1ccc(C)cc1. The quantitative estimate of drug-likeness (QED) is 0.242. The van der Waals surface area contributed by atoms with Gasteiger partial charge in [0, 0.05) is 12.6 Å². The summed E-state index contributed by atoms with van der Waals surface area (Å²) in [5.74, 6) is -0.727. The smallest absolute Gasteiger partial charge is 0.264 e. The fourth-order valence-corrected chi connectivity index (χ4v) is 7.14. The van der Waals surface area contributed by atoms with Crippen LogP contribution in [0.4, 0.5) is 5.69 Å². The summed E-state index contributed by atoms with van der Waals surface area (Å²) in [6.07, 6.45) is 5.46. The third kappa shape index (κ3) is 8.11. The fourth-order valence-electron chi connectivity index (χ4n) is 5.44. The Morgan fingerprint density at radius 3 is 2.23 bits per heavy atom. The Kier molecular flexibility index (Phi) is 11.2. The van der Waals surface area contributed by atoms with Gasteiger partial charge in [-0.05, 0) is 74.6 Å². The molecule has 7 nitrogen and oxygen atoms in total. The Hall–Kier alpha value is -3.07. The first-order valence-corrected chi connectivity index (χ1v) is 16.9. The van der Waals surface area contributed by atoms with Crippen LogP contribution in [0.1, 0.15) is 62.1 Å². The Morgan fingerprint density at radius 2 is 1.60 bits per heavy atom. The van der Waals surface area contributed by atoms with Crippen LogP contribution in [0.3, 0.4) is 0 Å². The molecule has 1 unspecified atom stereocenters. The number of nitrogens with one attached hydrogen (secondary N) is 1. The van der Waals surface area contributed by atoms with Gasteiger partial charge in [-0.1, -0.05) is 91.3 Å². The standard InChI is InChI=1S/C33H39Cl2N3O4S/c1-4-31(33(40)36-26-12-6-5-7-13-26)37(21-25-11-9-8-10-24(25)3)32(39)22-38(27-16-19-29(34)30(35)20-27)43(41,42)28-17-14-23(2)15-18-28/h8-11,14-20,26,31H,4-7,12-13,21-22H2,1-3H3,(H,36,40). The van der Waals surface area contributed by atoms with Gasteiger partial charge < -0.3 is 10.2 Å². The Labute approximate surface area is 265 Å². The minimum atomic E-state index is -4.20. The molecule has 1 atom stereocenters. The van der Waals surface area contributed by atoms with Crippen molar-refractivity contribution >= 4 is 50.7 Å². The van der Waals surface area contributed by atoms with Gasteiger partial charge in [-0.25, -0.2) is 8.42 Å². The molecule has 2 amide bonds. The van der Waals surface area contributed by atoms with Gasteiger partial charge in [0.1, 0.15) is 12.6 Å². The van der Waals surface area contributed by atoms with E-state index in [1.165, 1.54) is 35.2 Å². The first-order chi connectivity index (χ1) is 20.5. The normalized spacial score (nSPS) is 14.6. The lowest BCUT2D eigenvalue weighted by atomic mass is 9.95. The van der Waals surface area contributed by atoms with Crippen molar-refractivity contribution in [2.75, 3.05) is 10.8 Å². The summed E-state index contributed by atoms with van der Waals surface area (Å²) in [6, 6.07) is 17.8. The van der Waals surface area contributed by atoms with Crippen LogP contribution >= 0.6 is 23.2 Å². The minimum Gasteiger partial charge on any atom is -0.352 e. The molecule has 1 aliphatic carbocycles. The first kappa shape index (κ1) is 32.8. The highest BCUT2D eigenvalue weighted by molar-refractivity contribution is 7.92. The van der Waals surface area contributed by atoms with Crippen LogP contribution in [0.25, 0.3) is 0 Å². The molecule has 3 aromatic rings. The van der Waals surface area contributed by atoms with Gasteiger partial charge in [0.25, 0.3) is 10.0 Å². The summed E-state index contributed by atoms with van der Waals surface area (Å²) in [7, 11) is -4.20. The predicted molar refractivity (Wildman–Crippen MR) is 173 cm³/mol. The maximum absolute atomic E-state index is 14.3. The van der Waals surface area contributed by atoms with Crippen LogP contribution in [-0.4, -0.2) is 43.8 Å².